The molecule has 0 atom stereocenters. The van der Waals surface area contributed by atoms with Gasteiger partial charge >= 0.3 is 0 Å². The summed E-state index contributed by atoms with van der Waals surface area (Å²) in [4.78, 5) is 22.3. The summed E-state index contributed by atoms with van der Waals surface area (Å²) in [6.45, 7) is 5.52. The van der Waals surface area contributed by atoms with E-state index in [9.17, 15) is 4.79 Å². The van der Waals surface area contributed by atoms with Gasteiger partial charge in [0.1, 0.15) is 0 Å². The van der Waals surface area contributed by atoms with Crippen LogP contribution in [-0.2, 0) is 21.5 Å². The van der Waals surface area contributed by atoms with Crippen molar-refractivity contribution in [2.24, 2.45) is 0 Å². The van der Waals surface area contributed by atoms with Crippen molar-refractivity contribution >= 4 is 21.8 Å². The Hall–Kier alpha value is -1.76. The fourth-order valence-corrected chi connectivity index (χ4v) is 4.54. The molecule has 0 bridgehead atoms. The van der Waals surface area contributed by atoms with E-state index in [1.165, 1.54) is 5.56 Å². The van der Waals surface area contributed by atoms with E-state index in [2.05, 4.69) is 48.9 Å². The summed E-state index contributed by atoms with van der Waals surface area (Å²) in [6.07, 6.45) is 5.23. The first-order chi connectivity index (χ1) is 13.7. The molecule has 0 unspecified atom stereocenters. The molecule has 148 valence electrons. The standard InChI is InChI=1S/C22H26BrN3O2/c23-20-5-3-19(4-6-20)22(7-14-28-15-8-22)21(27)26-12-10-25(11-13-26)17-18-2-1-9-24-16-18/h1-6,9,16H,7-8,10-15,17H2. The molecule has 1 aromatic carbocycles. The van der Waals surface area contributed by atoms with Gasteiger partial charge in [-0.2, -0.15) is 0 Å². The number of piperazine rings is 1. The van der Waals surface area contributed by atoms with E-state index in [1.54, 1.807) is 6.20 Å². The van der Waals surface area contributed by atoms with Gasteiger partial charge in [0.05, 0.1) is 5.41 Å². The van der Waals surface area contributed by atoms with E-state index in [0.717, 1.165) is 55.6 Å². The van der Waals surface area contributed by atoms with E-state index in [-0.39, 0.29) is 5.91 Å². The molecule has 4 rings (SSSR count). The summed E-state index contributed by atoms with van der Waals surface area (Å²) in [5, 5.41) is 0. The predicted octanol–water partition coefficient (Wildman–Crippen LogP) is 3.24. The second kappa shape index (κ2) is 8.72. The highest BCUT2D eigenvalue weighted by Gasteiger charge is 2.44. The summed E-state index contributed by atoms with van der Waals surface area (Å²) in [5.74, 6) is 0.263. The van der Waals surface area contributed by atoms with E-state index in [1.807, 2.05) is 24.4 Å². The number of halogens is 1. The van der Waals surface area contributed by atoms with Crippen molar-refractivity contribution in [1.82, 2.24) is 14.8 Å². The number of ether oxygens (including phenoxy) is 1. The van der Waals surface area contributed by atoms with Crippen LogP contribution in [0, 0.1) is 0 Å². The molecule has 0 spiro atoms. The van der Waals surface area contributed by atoms with Gasteiger partial charge in [-0.1, -0.05) is 34.1 Å². The molecular weight excluding hydrogens is 418 g/mol. The number of aromatic nitrogens is 1. The average molecular weight is 444 g/mol. The Balaban J connectivity index is 1.45. The van der Waals surface area contributed by atoms with Crippen LogP contribution in [0.2, 0.25) is 0 Å². The molecule has 2 saturated heterocycles. The van der Waals surface area contributed by atoms with Crippen LogP contribution in [0.3, 0.4) is 0 Å². The lowest BCUT2D eigenvalue weighted by Crippen LogP contribution is -2.55. The highest BCUT2D eigenvalue weighted by Crippen LogP contribution is 2.37. The zero-order chi connectivity index (χ0) is 19.4. The molecule has 2 aliphatic rings. The minimum Gasteiger partial charge on any atom is -0.381 e. The molecule has 0 radical (unpaired) electrons. The van der Waals surface area contributed by atoms with Gasteiger partial charge in [-0.3, -0.25) is 14.7 Å². The van der Waals surface area contributed by atoms with Crippen LogP contribution >= 0.6 is 15.9 Å². The maximum atomic E-state index is 13.7. The summed E-state index contributed by atoms with van der Waals surface area (Å²) >= 11 is 3.50. The van der Waals surface area contributed by atoms with Crippen LogP contribution < -0.4 is 0 Å². The van der Waals surface area contributed by atoms with Gasteiger partial charge in [-0.15, -0.1) is 0 Å². The molecule has 0 N–H and O–H groups in total. The molecule has 2 aliphatic heterocycles. The molecular formula is C22H26BrN3O2. The van der Waals surface area contributed by atoms with Gasteiger partial charge in [-0.05, 0) is 42.2 Å². The zero-order valence-electron chi connectivity index (χ0n) is 16.0. The largest absolute Gasteiger partial charge is 0.381 e. The van der Waals surface area contributed by atoms with E-state index in [4.69, 9.17) is 4.74 Å². The van der Waals surface area contributed by atoms with Crippen LogP contribution in [0.4, 0.5) is 0 Å². The summed E-state index contributed by atoms with van der Waals surface area (Å²) in [5.41, 5.74) is 1.88. The Labute approximate surface area is 174 Å². The minimum absolute atomic E-state index is 0.263. The highest BCUT2D eigenvalue weighted by molar-refractivity contribution is 9.10. The summed E-state index contributed by atoms with van der Waals surface area (Å²) < 4.78 is 6.63. The Kier molecular flexibility index (Phi) is 6.09. The number of benzene rings is 1. The van der Waals surface area contributed by atoms with Crippen molar-refractivity contribution < 1.29 is 9.53 Å². The topological polar surface area (TPSA) is 45.7 Å². The van der Waals surface area contributed by atoms with Crippen LogP contribution in [0.5, 0.6) is 0 Å². The van der Waals surface area contributed by atoms with Crippen molar-refractivity contribution in [1.29, 1.82) is 0 Å². The average Bonchev–Trinajstić information content (AvgIpc) is 2.75. The molecule has 5 nitrogen and oxygen atoms in total. The third-order valence-electron chi connectivity index (χ3n) is 5.94. The molecule has 2 fully saturated rings. The number of hydrogen-bond donors (Lipinski definition) is 0. The highest BCUT2D eigenvalue weighted by atomic mass is 79.9. The van der Waals surface area contributed by atoms with Gasteiger partial charge in [0, 0.05) is 62.8 Å². The first-order valence-electron chi connectivity index (χ1n) is 9.92. The number of carbonyl (C=O) groups is 1. The lowest BCUT2D eigenvalue weighted by Gasteiger charge is -2.43. The molecule has 0 aliphatic carbocycles. The SMILES string of the molecule is O=C(N1CCN(Cc2cccnc2)CC1)C1(c2ccc(Br)cc2)CCOCC1. The normalized spacial score (nSPS) is 20.1. The third-order valence-corrected chi connectivity index (χ3v) is 6.47. The van der Waals surface area contributed by atoms with Gasteiger partial charge in [0.15, 0.2) is 0 Å². The van der Waals surface area contributed by atoms with Gasteiger partial charge in [-0.25, -0.2) is 0 Å². The van der Waals surface area contributed by atoms with Gasteiger partial charge < -0.3 is 9.64 Å². The fourth-order valence-electron chi connectivity index (χ4n) is 4.28. The van der Waals surface area contributed by atoms with E-state index >= 15 is 0 Å². The first kappa shape index (κ1) is 19.6. The molecule has 1 aromatic heterocycles. The van der Waals surface area contributed by atoms with Crippen molar-refractivity contribution in [3.05, 3.63) is 64.4 Å². The molecule has 2 aromatic rings. The van der Waals surface area contributed by atoms with Gasteiger partial charge in [0.25, 0.3) is 0 Å². The smallest absolute Gasteiger partial charge is 0.233 e. The Morgan fingerprint density at radius 3 is 2.43 bits per heavy atom. The second-order valence-corrected chi connectivity index (χ2v) is 8.55. The number of nitrogens with zero attached hydrogens (tertiary/aromatic N) is 3. The number of pyridine rings is 1. The lowest BCUT2D eigenvalue weighted by molar-refractivity contribution is -0.143. The fraction of sp³-hybridized carbons (Fsp3) is 0.455. The van der Waals surface area contributed by atoms with Gasteiger partial charge in [0.2, 0.25) is 5.91 Å². The third kappa shape index (κ3) is 4.14. The van der Waals surface area contributed by atoms with Crippen LogP contribution in [0.15, 0.2) is 53.3 Å². The molecule has 3 heterocycles. The Bertz CT molecular complexity index is 783. The monoisotopic (exact) mass is 443 g/mol. The zero-order valence-corrected chi connectivity index (χ0v) is 17.6. The van der Waals surface area contributed by atoms with Crippen LogP contribution in [0.1, 0.15) is 24.0 Å². The van der Waals surface area contributed by atoms with Crippen molar-refractivity contribution in [2.75, 3.05) is 39.4 Å². The molecule has 0 saturated carbocycles. The van der Waals surface area contributed by atoms with E-state index in [0.29, 0.717) is 13.2 Å². The number of rotatable bonds is 4. The Morgan fingerprint density at radius 2 is 1.79 bits per heavy atom. The quantitative estimate of drug-likeness (QED) is 0.727. The van der Waals surface area contributed by atoms with Crippen molar-refractivity contribution in [2.45, 2.75) is 24.8 Å². The van der Waals surface area contributed by atoms with Crippen molar-refractivity contribution in [3.8, 4) is 0 Å². The predicted molar refractivity (Wildman–Crippen MR) is 112 cm³/mol. The lowest BCUT2D eigenvalue weighted by atomic mass is 9.73. The van der Waals surface area contributed by atoms with Crippen LogP contribution in [0.25, 0.3) is 0 Å². The number of carbonyl (C=O) groups excluding carboxylic acids is 1. The second-order valence-electron chi connectivity index (χ2n) is 7.63. The molecule has 6 heteroatoms. The van der Waals surface area contributed by atoms with E-state index < -0.39 is 5.41 Å². The molecule has 1 amide bonds. The maximum Gasteiger partial charge on any atom is 0.233 e. The summed E-state index contributed by atoms with van der Waals surface area (Å²) in [7, 11) is 0. The minimum atomic E-state index is -0.454. The van der Waals surface area contributed by atoms with Crippen molar-refractivity contribution in [3.63, 3.8) is 0 Å². The number of amides is 1. The molecule has 28 heavy (non-hydrogen) atoms. The van der Waals surface area contributed by atoms with Crippen LogP contribution in [-0.4, -0.2) is 60.1 Å². The Morgan fingerprint density at radius 1 is 1.07 bits per heavy atom. The maximum absolute atomic E-state index is 13.7. The number of hydrogen-bond acceptors (Lipinski definition) is 4. The summed E-state index contributed by atoms with van der Waals surface area (Å²) in [6, 6.07) is 12.3. The first-order valence-corrected chi connectivity index (χ1v) is 10.7.